The second-order valence-electron chi connectivity index (χ2n) is 4.45. The predicted molar refractivity (Wildman–Crippen MR) is 72.9 cm³/mol. The normalized spacial score (nSPS) is 12.7. The first-order valence-corrected chi connectivity index (χ1v) is 6.57. The van der Waals surface area contributed by atoms with Crippen LogP contribution in [0.4, 0.5) is 0 Å². The van der Waals surface area contributed by atoms with Gasteiger partial charge in [-0.25, -0.2) is 4.98 Å². The average molecular weight is 252 g/mol. The van der Waals surface area contributed by atoms with Crippen LogP contribution in [0.3, 0.4) is 0 Å². The highest BCUT2D eigenvalue weighted by Gasteiger charge is 2.11. The van der Waals surface area contributed by atoms with Crippen LogP contribution in [0, 0.1) is 0 Å². The van der Waals surface area contributed by atoms with Crippen molar-refractivity contribution >= 4 is 0 Å². The number of ether oxygens (including phenoxy) is 2. The lowest BCUT2D eigenvalue weighted by Crippen LogP contribution is -2.19. The Labute approximate surface area is 110 Å². The summed E-state index contributed by atoms with van der Waals surface area (Å²) in [5.41, 5.74) is 1.09. The second kappa shape index (κ2) is 8.06. The topological polar surface area (TPSA) is 43.4 Å². The molecule has 1 rings (SSSR count). The van der Waals surface area contributed by atoms with E-state index in [1.54, 1.807) is 6.20 Å². The van der Waals surface area contributed by atoms with E-state index in [0.717, 1.165) is 12.1 Å². The summed E-state index contributed by atoms with van der Waals surface area (Å²) < 4.78 is 11.1. The van der Waals surface area contributed by atoms with E-state index in [9.17, 15) is 0 Å². The first-order valence-electron chi connectivity index (χ1n) is 6.57. The van der Waals surface area contributed by atoms with Crippen molar-refractivity contribution in [3.63, 3.8) is 0 Å². The van der Waals surface area contributed by atoms with Gasteiger partial charge in [0.25, 0.3) is 0 Å². The maximum atomic E-state index is 5.68. The molecule has 0 aromatic carbocycles. The van der Waals surface area contributed by atoms with Gasteiger partial charge in [-0.2, -0.15) is 0 Å². The van der Waals surface area contributed by atoms with Gasteiger partial charge in [-0.3, -0.25) is 0 Å². The molecule has 0 aliphatic carbocycles. The third-order valence-corrected chi connectivity index (χ3v) is 2.55. The number of hydrogen-bond acceptors (Lipinski definition) is 4. The summed E-state index contributed by atoms with van der Waals surface area (Å²) >= 11 is 0. The lowest BCUT2D eigenvalue weighted by Gasteiger charge is -2.16. The molecule has 0 saturated carbocycles. The smallest absolute Gasteiger partial charge is 0.218 e. The Morgan fingerprint density at radius 3 is 2.72 bits per heavy atom. The third-order valence-electron chi connectivity index (χ3n) is 2.55. The molecule has 0 fully saturated rings. The molecule has 0 amide bonds. The van der Waals surface area contributed by atoms with Crippen molar-refractivity contribution in [3.05, 3.63) is 23.9 Å². The first-order chi connectivity index (χ1) is 8.65. The number of nitrogens with one attached hydrogen (secondary N) is 1. The molecule has 18 heavy (non-hydrogen) atoms. The summed E-state index contributed by atoms with van der Waals surface area (Å²) in [6.45, 7) is 10.3. The molecule has 1 aromatic heterocycles. The molecule has 1 unspecified atom stereocenters. The molecule has 0 bridgehead atoms. The van der Waals surface area contributed by atoms with Crippen molar-refractivity contribution in [1.29, 1.82) is 0 Å². The van der Waals surface area contributed by atoms with Gasteiger partial charge in [0.15, 0.2) is 0 Å². The minimum atomic E-state index is 0.234. The van der Waals surface area contributed by atoms with E-state index < -0.39 is 0 Å². The van der Waals surface area contributed by atoms with Crippen molar-refractivity contribution in [2.45, 2.75) is 39.8 Å². The number of pyridine rings is 1. The molecule has 0 radical (unpaired) electrons. The third kappa shape index (κ3) is 5.02. The molecule has 1 N–H and O–H groups in total. The molecule has 0 aliphatic rings. The standard InChI is InChI=1S/C14H24N2O2/c1-5-15-12(4)13-7-6-8-16-14(13)18-10-9-17-11(2)3/h6-8,11-12,15H,5,9-10H2,1-4H3. The highest BCUT2D eigenvalue weighted by Crippen LogP contribution is 2.21. The van der Waals surface area contributed by atoms with E-state index in [2.05, 4.69) is 24.1 Å². The van der Waals surface area contributed by atoms with Crippen LogP contribution in [0.15, 0.2) is 18.3 Å². The predicted octanol–water partition coefficient (Wildman–Crippen LogP) is 2.56. The summed E-state index contributed by atoms with van der Waals surface area (Å²) in [5.74, 6) is 0.693. The van der Waals surface area contributed by atoms with Gasteiger partial charge in [0.1, 0.15) is 6.61 Å². The molecule has 1 atom stereocenters. The highest BCUT2D eigenvalue weighted by atomic mass is 16.5. The maximum Gasteiger partial charge on any atom is 0.218 e. The molecule has 0 aliphatic heterocycles. The minimum Gasteiger partial charge on any atom is -0.475 e. The summed E-state index contributed by atoms with van der Waals surface area (Å²) in [6.07, 6.45) is 1.98. The number of aromatic nitrogens is 1. The van der Waals surface area contributed by atoms with Crippen LogP contribution in [0.25, 0.3) is 0 Å². The number of hydrogen-bond donors (Lipinski definition) is 1. The summed E-state index contributed by atoms with van der Waals surface area (Å²) in [4.78, 5) is 4.28. The van der Waals surface area contributed by atoms with Crippen LogP contribution in [0.5, 0.6) is 5.88 Å². The van der Waals surface area contributed by atoms with E-state index in [0.29, 0.717) is 19.1 Å². The van der Waals surface area contributed by atoms with E-state index in [1.165, 1.54) is 0 Å². The highest BCUT2D eigenvalue weighted by molar-refractivity contribution is 5.28. The van der Waals surface area contributed by atoms with Gasteiger partial charge in [-0.1, -0.05) is 13.0 Å². The quantitative estimate of drug-likeness (QED) is 0.722. The lowest BCUT2D eigenvalue weighted by molar-refractivity contribution is 0.0539. The van der Waals surface area contributed by atoms with Crippen LogP contribution >= 0.6 is 0 Å². The van der Waals surface area contributed by atoms with Crippen LogP contribution in [-0.2, 0) is 4.74 Å². The van der Waals surface area contributed by atoms with Crippen molar-refractivity contribution < 1.29 is 9.47 Å². The van der Waals surface area contributed by atoms with E-state index in [-0.39, 0.29) is 12.1 Å². The molecule has 1 heterocycles. The zero-order valence-corrected chi connectivity index (χ0v) is 11.8. The lowest BCUT2D eigenvalue weighted by atomic mass is 10.1. The largest absolute Gasteiger partial charge is 0.475 e. The SMILES string of the molecule is CCNC(C)c1cccnc1OCCOC(C)C. The zero-order chi connectivity index (χ0) is 13.4. The molecular weight excluding hydrogens is 228 g/mol. The number of nitrogens with zero attached hydrogens (tertiary/aromatic N) is 1. The monoisotopic (exact) mass is 252 g/mol. The summed E-state index contributed by atoms with van der Waals surface area (Å²) in [5, 5.41) is 3.36. The fraction of sp³-hybridized carbons (Fsp3) is 0.643. The molecule has 1 aromatic rings. The van der Waals surface area contributed by atoms with Gasteiger partial charge in [0.2, 0.25) is 5.88 Å². The minimum absolute atomic E-state index is 0.234. The Morgan fingerprint density at radius 1 is 1.28 bits per heavy atom. The first kappa shape index (κ1) is 14.9. The van der Waals surface area contributed by atoms with E-state index >= 15 is 0 Å². The second-order valence-corrected chi connectivity index (χ2v) is 4.45. The molecule has 4 heteroatoms. The van der Waals surface area contributed by atoms with E-state index in [1.807, 2.05) is 26.0 Å². The summed E-state index contributed by atoms with van der Waals surface area (Å²) in [7, 11) is 0. The zero-order valence-electron chi connectivity index (χ0n) is 11.8. The van der Waals surface area contributed by atoms with Gasteiger partial charge in [-0.05, 0) is 33.4 Å². The molecule has 0 saturated heterocycles. The van der Waals surface area contributed by atoms with Gasteiger partial charge >= 0.3 is 0 Å². The number of rotatable bonds is 8. The average Bonchev–Trinajstić information content (AvgIpc) is 2.35. The van der Waals surface area contributed by atoms with Crippen LogP contribution in [0.1, 0.15) is 39.3 Å². The molecule has 102 valence electrons. The Kier molecular flexibility index (Phi) is 6.68. The van der Waals surface area contributed by atoms with Crippen molar-refractivity contribution in [1.82, 2.24) is 10.3 Å². The van der Waals surface area contributed by atoms with Crippen LogP contribution < -0.4 is 10.1 Å². The fourth-order valence-electron chi connectivity index (χ4n) is 1.69. The molecule has 0 spiro atoms. The Morgan fingerprint density at radius 2 is 2.06 bits per heavy atom. The maximum absolute atomic E-state index is 5.68. The van der Waals surface area contributed by atoms with Gasteiger partial charge in [0.05, 0.1) is 12.7 Å². The molecule has 4 nitrogen and oxygen atoms in total. The van der Waals surface area contributed by atoms with Crippen molar-refractivity contribution in [3.8, 4) is 5.88 Å². The van der Waals surface area contributed by atoms with Gasteiger partial charge < -0.3 is 14.8 Å². The van der Waals surface area contributed by atoms with E-state index in [4.69, 9.17) is 9.47 Å². The Balaban J connectivity index is 2.53. The molecular formula is C14H24N2O2. The fourth-order valence-corrected chi connectivity index (χ4v) is 1.69. The summed E-state index contributed by atoms with van der Waals surface area (Å²) in [6, 6.07) is 4.21. The van der Waals surface area contributed by atoms with Gasteiger partial charge in [-0.15, -0.1) is 0 Å². The Bertz CT molecular complexity index is 342. The van der Waals surface area contributed by atoms with Crippen molar-refractivity contribution in [2.24, 2.45) is 0 Å². The van der Waals surface area contributed by atoms with Crippen LogP contribution in [-0.4, -0.2) is 30.8 Å². The van der Waals surface area contributed by atoms with Crippen LogP contribution in [0.2, 0.25) is 0 Å². The van der Waals surface area contributed by atoms with Crippen molar-refractivity contribution in [2.75, 3.05) is 19.8 Å². The Hall–Kier alpha value is -1.13. The van der Waals surface area contributed by atoms with Gasteiger partial charge in [0, 0.05) is 17.8 Å².